The minimum Gasteiger partial charge on any atom is -0.493 e. The quantitative estimate of drug-likeness (QED) is 0.206. The molecule has 0 radical (unpaired) electrons. The van der Waals surface area contributed by atoms with Crippen molar-refractivity contribution in [3.8, 4) is 5.75 Å². The second-order valence-electron chi connectivity index (χ2n) is 7.51. The fourth-order valence-corrected chi connectivity index (χ4v) is 2.85. The maximum Gasteiger partial charge on any atom is 0.325 e. The number of allylic oxidation sites excluding steroid dienone is 1. The van der Waals surface area contributed by atoms with Gasteiger partial charge in [-0.2, -0.15) is 10.2 Å². The largest absolute Gasteiger partial charge is 0.493 e. The molecule has 0 fully saturated rings. The minimum atomic E-state index is -0.430. The molecule has 2 aromatic carbocycles. The molecule has 7 heteroatoms. The Morgan fingerprint density at radius 3 is 2.25 bits per heavy atom. The number of benzene rings is 2. The molecule has 0 heterocycles. The van der Waals surface area contributed by atoms with Gasteiger partial charge in [0.1, 0.15) is 12.3 Å². The summed E-state index contributed by atoms with van der Waals surface area (Å²) in [5.41, 5.74) is 1.56. The highest BCUT2D eigenvalue weighted by Gasteiger charge is 2.23. The van der Waals surface area contributed by atoms with Crippen LogP contribution in [-0.2, 0) is 14.3 Å². The Kier molecular flexibility index (Phi) is 10.1. The van der Waals surface area contributed by atoms with Gasteiger partial charge in [-0.25, -0.2) is 0 Å². The monoisotopic (exact) mass is 437 g/mol. The van der Waals surface area contributed by atoms with E-state index in [4.69, 9.17) is 4.74 Å². The normalized spacial score (nSPS) is 13.1. The number of methoxy groups -OCH3 is 1. The minimum absolute atomic E-state index is 0.0388. The topological polar surface area (TPSA) is 80.6 Å². The molecule has 0 bridgehead atoms. The number of amides is 1. The molecule has 0 aliphatic heterocycles. The molecular weight excluding hydrogens is 406 g/mol. The van der Waals surface area contributed by atoms with Crippen LogP contribution in [0.4, 0.5) is 11.4 Å². The molecule has 7 nitrogen and oxygen atoms in total. The van der Waals surface area contributed by atoms with Crippen LogP contribution in [0.2, 0.25) is 0 Å². The lowest BCUT2D eigenvalue weighted by Crippen LogP contribution is -2.37. The summed E-state index contributed by atoms with van der Waals surface area (Å²) in [6.07, 6.45) is 4.74. The van der Waals surface area contributed by atoms with Crippen LogP contribution in [0.1, 0.15) is 20.3 Å². The van der Waals surface area contributed by atoms with E-state index in [0.717, 1.165) is 23.5 Å². The summed E-state index contributed by atoms with van der Waals surface area (Å²) >= 11 is 0. The molecule has 0 aliphatic carbocycles. The fraction of sp³-hybridized carbons (Fsp3) is 0.360. The van der Waals surface area contributed by atoms with E-state index in [-0.39, 0.29) is 24.3 Å². The van der Waals surface area contributed by atoms with E-state index in [1.165, 1.54) is 12.0 Å². The highest BCUT2D eigenvalue weighted by Crippen LogP contribution is 2.21. The van der Waals surface area contributed by atoms with Crippen molar-refractivity contribution in [2.75, 3.05) is 27.3 Å². The van der Waals surface area contributed by atoms with Crippen molar-refractivity contribution < 1.29 is 19.1 Å². The van der Waals surface area contributed by atoms with Crippen LogP contribution in [0.25, 0.3) is 0 Å². The van der Waals surface area contributed by atoms with Gasteiger partial charge in [-0.1, -0.05) is 44.2 Å². The van der Waals surface area contributed by atoms with E-state index in [0.29, 0.717) is 6.61 Å². The smallest absolute Gasteiger partial charge is 0.325 e. The van der Waals surface area contributed by atoms with Crippen LogP contribution in [0.3, 0.4) is 0 Å². The highest BCUT2D eigenvalue weighted by atomic mass is 16.5. The van der Waals surface area contributed by atoms with Crippen molar-refractivity contribution in [1.82, 2.24) is 4.90 Å². The van der Waals surface area contributed by atoms with E-state index in [1.54, 1.807) is 7.05 Å². The first-order valence-corrected chi connectivity index (χ1v) is 10.6. The number of rotatable bonds is 11. The third-order valence-electron chi connectivity index (χ3n) is 5.02. The Balaban J connectivity index is 1.73. The first-order valence-electron chi connectivity index (χ1n) is 10.6. The summed E-state index contributed by atoms with van der Waals surface area (Å²) in [5, 5.41) is 8.40. The van der Waals surface area contributed by atoms with E-state index in [2.05, 4.69) is 15.0 Å². The number of hydrogen-bond acceptors (Lipinski definition) is 6. The number of esters is 1. The van der Waals surface area contributed by atoms with Gasteiger partial charge >= 0.3 is 5.97 Å². The van der Waals surface area contributed by atoms with Crippen molar-refractivity contribution in [3.05, 3.63) is 66.7 Å². The van der Waals surface area contributed by atoms with Crippen molar-refractivity contribution in [1.29, 1.82) is 0 Å². The molecular formula is C25H31N3O4. The van der Waals surface area contributed by atoms with Crippen LogP contribution in [0, 0.1) is 11.8 Å². The highest BCUT2D eigenvalue weighted by molar-refractivity contribution is 5.83. The van der Waals surface area contributed by atoms with Crippen LogP contribution < -0.4 is 4.74 Å². The maximum atomic E-state index is 12.4. The van der Waals surface area contributed by atoms with Gasteiger partial charge in [-0.15, -0.1) is 0 Å². The Bertz CT molecular complexity index is 911. The zero-order chi connectivity index (χ0) is 23.3. The van der Waals surface area contributed by atoms with E-state index < -0.39 is 5.97 Å². The zero-order valence-corrected chi connectivity index (χ0v) is 19.1. The predicted molar refractivity (Wildman–Crippen MR) is 124 cm³/mol. The van der Waals surface area contributed by atoms with Gasteiger partial charge in [-0.3, -0.25) is 9.59 Å². The summed E-state index contributed by atoms with van der Waals surface area (Å²) in [6.45, 7) is 4.32. The van der Waals surface area contributed by atoms with Crippen molar-refractivity contribution in [2.45, 2.75) is 20.3 Å². The van der Waals surface area contributed by atoms with Gasteiger partial charge in [0.2, 0.25) is 5.91 Å². The van der Waals surface area contributed by atoms with Gasteiger partial charge in [0, 0.05) is 13.0 Å². The van der Waals surface area contributed by atoms with Crippen molar-refractivity contribution in [2.24, 2.45) is 22.1 Å². The summed E-state index contributed by atoms with van der Waals surface area (Å²) in [5.74, 6) is 0.0448. The Morgan fingerprint density at radius 1 is 1.00 bits per heavy atom. The van der Waals surface area contributed by atoms with Gasteiger partial charge in [-0.05, 0) is 48.7 Å². The molecule has 32 heavy (non-hydrogen) atoms. The molecule has 0 saturated carbocycles. The first kappa shape index (κ1) is 24.8. The molecule has 0 aliphatic rings. The molecule has 1 amide bonds. The van der Waals surface area contributed by atoms with Crippen molar-refractivity contribution >= 4 is 23.3 Å². The van der Waals surface area contributed by atoms with Crippen LogP contribution in [0.5, 0.6) is 5.75 Å². The van der Waals surface area contributed by atoms with E-state index >= 15 is 0 Å². The predicted octanol–water partition coefficient (Wildman–Crippen LogP) is 5.33. The number of azo groups is 1. The molecule has 2 unspecified atom stereocenters. The molecule has 2 aromatic rings. The second-order valence-corrected chi connectivity index (χ2v) is 7.51. The summed E-state index contributed by atoms with van der Waals surface area (Å²) < 4.78 is 10.4. The van der Waals surface area contributed by atoms with E-state index in [1.807, 2.05) is 80.6 Å². The Morgan fingerprint density at radius 2 is 1.62 bits per heavy atom. The van der Waals surface area contributed by atoms with E-state index in [9.17, 15) is 9.59 Å². The molecule has 0 N–H and O–H groups in total. The van der Waals surface area contributed by atoms with Crippen LogP contribution in [-0.4, -0.2) is 44.1 Å². The number of ether oxygens (including phenoxy) is 2. The third-order valence-corrected chi connectivity index (χ3v) is 5.02. The summed E-state index contributed by atoms with van der Waals surface area (Å²) in [6, 6.07) is 17.0. The lowest BCUT2D eigenvalue weighted by atomic mass is 9.94. The Labute approximate surface area is 189 Å². The number of carbonyl (C=O) groups excluding carboxylic acids is 2. The van der Waals surface area contributed by atoms with Gasteiger partial charge in [0.15, 0.2) is 0 Å². The third kappa shape index (κ3) is 8.34. The number of nitrogens with zero attached hydrogens (tertiary/aromatic N) is 3. The average molecular weight is 438 g/mol. The average Bonchev–Trinajstić information content (AvgIpc) is 2.82. The van der Waals surface area contributed by atoms with Gasteiger partial charge < -0.3 is 14.4 Å². The molecule has 0 aromatic heterocycles. The first-order chi connectivity index (χ1) is 15.4. The van der Waals surface area contributed by atoms with Gasteiger partial charge in [0.25, 0.3) is 0 Å². The second kappa shape index (κ2) is 13.0. The number of hydrogen-bond donors (Lipinski definition) is 0. The Hall–Kier alpha value is -3.48. The van der Waals surface area contributed by atoms with Gasteiger partial charge in [0.05, 0.1) is 25.1 Å². The fourth-order valence-electron chi connectivity index (χ4n) is 2.85. The van der Waals surface area contributed by atoms with Crippen LogP contribution in [0.15, 0.2) is 77.0 Å². The lowest BCUT2D eigenvalue weighted by Gasteiger charge is -2.23. The standard InChI is InChI=1S/C25H31N3O4/c1-19(20(2)25(30)28(3)18-24(29)31-4)10-8-9-17-32-23-15-13-22(14-16-23)27-26-21-11-6-5-7-12-21/h5-8,10-16,19-20H,9,17-18H2,1-4H3/b10-8-,27-26+. The molecule has 0 saturated heterocycles. The lowest BCUT2D eigenvalue weighted by molar-refractivity contribution is -0.147. The maximum absolute atomic E-state index is 12.4. The van der Waals surface area contributed by atoms with Crippen molar-refractivity contribution in [3.63, 3.8) is 0 Å². The molecule has 2 rings (SSSR count). The molecule has 0 spiro atoms. The SMILES string of the molecule is COC(=O)CN(C)C(=O)C(C)C(C)/C=C\CCOc1ccc(/N=N/c2ccccc2)cc1. The summed E-state index contributed by atoms with van der Waals surface area (Å²) in [7, 11) is 2.91. The molecule has 170 valence electrons. The molecule has 2 atom stereocenters. The zero-order valence-electron chi connectivity index (χ0n) is 19.1. The summed E-state index contributed by atoms with van der Waals surface area (Å²) in [4.78, 5) is 25.1. The van der Waals surface area contributed by atoms with Crippen LogP contribution >= 0.6 is 0 Å². The number of carbonyl (C=O) groups is 2. The number of likely N-dealkylation sites (N-methyl/N-ethyl adjacent to an activating group) is 1.